The van der Waals surface area contributed by atoms with Crippen molar-refractivity contribution in [2.75, 3.05) is 0 Å². The predicted molar refractivity (Wildman–Crippen MR) is 107 cm³/mol. The summed E-state index contributed by atoms with van der Waals surface area (Å²) in [6.45, 7) is 2.17. The molecule has 2 aromatic carbocycles. The summed E-state index contributed by atoms with van der Waals surface area (Å²) >= 11 is 0. The minimum Gasteiger partial charge on any atom is -0.444 e. The van der Waals surface area contributed by atoms with Gasteiger partial charge in [-0.15, -0.1) is 0 Å². The van der Waals surface area contributed by atoms with Crippen molar-refractivity contribution in [2.24, 2.45) is 11.7 Å². The maximum atomic E-state index is 13.3. The Balaban J connectivity index is 1.80. The van der Waals surface area contributed by atoms with Crippen molar-refractivity contribution in [3.05, 3.63) is 77.0 Å². The lowest BCUT2D eigenvalue weighted by atomic mass is 9.84. The smallest absolute Gasteiger partial charge is 0.340 e. The first kappa shape index (κ1) is 18.2. The molecule has 0 aliphatic heterocycles. The Bertz CT molecular complexity index is 1050. The molecule has 2 unspecified atom stereocenters. The lowest BCUT2D eigenvalue weighted by molar-refractivity contribution is -0.127. The summed E-state index contributed by atoms with van der Waals surface area (Å²) in [5, 5.41) is 0.747. The minimum absolute atomic E-state index is 0.461. The highest BCUT2D eigenvalue weighted by atomic mass is 16.5. The standard InChI is InChI=1S/C23H22N2O3/c1-14-11-12-19-17(13-14)20(16-9-5-6-10-18(16)25-19)23(27)28-21(22(24)26)15-7-3-2-4-8-15/h2-10,14,21H,11-13H2,1H3,(H2,24,26). The number of aryl methyl sites for hydroxylation is 1. The lowest BCUT2D eigenvalue weighted by Crippen LogP contribution is -2.27. The molecule has 1 amide bonds. The Morgan fingerprint density at radius 2 is 1.82 bits per heavy atom. The molecule has 2 N–H and O–H groups in total. The van der Waals surface area contributed by atoms with Gasteiger partial charge in [-0.3, -0.25) is 9.78 Å². The molecule has 1 aliphatic carbocycles. The van der Waals surface area contributed by atoms with Crippen LogP contribution in [0.25, 0.3) is 10.9 Å². The van der Waals surface area contributed by atoms with Crippen molar-refractivity contribution in [3.8, 4) is 0 Å². The number of carbonyl (C=O) groups is 2. The van der Waals surface area contributed by atoms with Gasteiger partial charge < -0.3 is 10.5 Å². The molecule has 1 aromatic heterocycles. The first-order valence-electron chi connectivity index (χ1n) is 9.50. The summed E-state index contributed by atoms with van der Waals surface area (Å²) in [7, 11) is 0. The van der Waals surface area contributed by atoms with Crippen molar-refractivity contribution in [2.45, 2.75) is 32.3 Å². The molecule has 5 heteroatoms. The molecule has 0 spiro atoms. The van der Waals surface area contributed by atoms with Crippen molar-refractivity contribution >= 4 is 22.8 Å². The highest BCUT2D eigenvalue weighted by Crippen LogP contribution is 2.33. The fourth-order valence-electron chi connectivity index (χ4n) is 3.88. The normalized spacial score (nSPS) is 17.0. The third kappa shape index (κ3) is 3.36. The zero-order chi connectivity index (χ0) is 19.7. The van der Waals surface area contributed by atoms with Crippen LogP contribution in [0.15, 0.2) is 54.6 Å². The Morgan fingerprint density at radius 1 is 1.11 bits per heavy atom. The van der Waals surface area contributed by atoms with E-state index in [1.807, 2.05) is 30.3 Å². The summed E-state index contributed by atoms with van der Waals surface area (Å²) in [6, 6.07) is 16.4. The number of ether oxygens (including phenoxy) is 1. The lowest BCUT2D eigenvalue weighted by Gasteiger charge is -2.25. The van der Waals surface area contributed by atoms with E-state index in [4.69, 9.17) is 15.5 Å². The SMILES string of the molecule is CC1CCc2nc3ccccc3c(C(=O)OC(C(N)=O)c3ccccc3)c2C1. The van der Waals surface area contributed by atoms with Gasteiger partial charge in [0.05, 0.1) is 11.1 Å². The molecule has 0 saturated heterocycles. The monoisotopic (exact) mass is 374 g/mol. The van der Waals surface area contributed by atoms with Gasteiger partial charge >= 0.3 is 5.97 Å². The molecule has 3 aromatic rings. The first-order chi connectivity index (χ1) is 13.5. The van der Waals surface area contributed by atoms with Crippen molar-refractivity contribution in [1.29, 1.82) is 0 Å². The molecule has 5 nitrogen and oxygen atoms in total. The Hall–Kier alpha value is -3.21. The van der Waals surface area contributed by atoms with Crippen LogP contribution in [-0.2, 0) is 22.4 Å². The van der Waals surface area contributed by atoms with Crippen LogP contribution in [-0.4, -0.2) is 16.9 Å². The van der Waals surface area contributed by atoms with Crippen LogP contribution < -0.4 is 5.73 Å². The Morgan fingerprint density at radius 3 is 2.57 bits per heavy atom. The molecule has 4 rings (SSSR count). The highest BCUT2D eigenvalue weighted by molar-refractivity contribution is 6.05. The quantitative estimate of drug-likeness (QED) is 0.705. The minimum atomic E-state index is -1.13. The largest absolute Gasteiger partial charge is 0.444 e. The number of esters is 1. The maximum Gasteiger partial charge on any atom is 0.340 e. The number of pyridine rings is 1. The van der Waals surface area contributed by atoms with Crippen LogP contribution in [0.5, 0.6) is 0 Å². The molecular formula is C23H22N2O3. The molecule has 0 fully saturated rings. The molecule has 28 heavy (non-hydrogen) atoms. The number of hydrogen-bond acceptors (Lipinski definition) is 4. The van der Waals surface area contributed by atoms with Gasteiger partial charge in [-0.2, -0.15) is 0 Å². The zero-order valence-corrected chi connectivity index (χ0v) is 15.7. The third-order valence-corrected chi connectivity index (χ3v) is 5.30. The van der Waals surface area contributed by atoms with E-state index < -0.39 is 18.0 Å². The molecule has 142 valence electrons. The van der Waals surface area contributed by atoms with E-state index >= 15 is 0 Å². The number of aromatic nitrogens is 1. The topological polar surface area (TPSA) is 82.3 Å². The summed E-state index contributed by atoms with van der Waals surface area (Å²) in [5.41, 5.74) is 9.24. The number of rotatable bonds is 4. The number of primary amides is 1. The van der Waals surface area contributed by atoms with Gasteiger partial charge in [0.25, 0.3) is 5.91 Å². The van der Waals surface area contributed by atoms with Crippen molar-refractivity contribution in [1.82, 2.24) is 4.98 Å². The predicted octanol–water partition coefficient (Wildman–Crippen LogP) is 3.74. The van der Waals surface area contributed by atoms with Crippen LogP contribution in [0.4, 0.5) is 0 Å². The Labute approximate surface area is 163 Å². The van der Waals surface area contributed by atoms with Gasteiger partial charge in [0.15, 0.2) is 0 Å². The summed E-state index contributed by atoms with van der Waals surface area (Å²) in [4.78, 5) is 30.0. The van der Waals surface area contributed by atoms with Gasteiger partial charge in [0.2, 0.25) is 6.10 Å². The van der Waals surface area contributed by atoms with E-state index in [0.29, 0.717) is 17.0 Å². The average molecular weight is 374 g/mol. The van der Waals surface area contributed by atoms with Crippen LogP contribution in [0.1, 0.15) is 46.6 Å². The van der Waals surface area contributed by atoms with E-state index in [9.17, 15) is 9.59 Å². The fraction of sp³-hybridized carbons (Fsp3) is 0.261. The van der Waals surface area contributed by atoms with Gasteiger partial charge in [0, 0.05) is 16.6 Å². The highest BCUT2D eigenvalue weighted by Gasteiger charge is 2.29. The van der Waals surface area contributed by atoms with Gasteiger partial charge in [-0.1, -0.05) is 55.5 Å². The second kappa shape index (κ2) is 7.43. The van der Waals surface area contributed by atoms with Crippen LogP contribution >= 0.6 is 0 Å². The third-order valence-electron chi connectivity index (χ3n) is 5.30. The number of nitrogens with two attached hydrogens (primary N) is 1. The van der Waals surface area contributed by atoms with Gasteiger partial charge in [-0.05, 0) is 36.8 Å². The maximum absolute atomic E-state index is 13.3. The zero-order valence-electron chi connectivity index (χ0n) is 15.7. The number of para-hydroxylation sites is 1. The van der Waals surface area contributed by atoms with Gasteiger partial charge in [-0.25, -0.2) is 4.79 Å². The molecule has 0 radical (unpaired) electrons. The molecule has 1 aliphatic rings. The Kier molecular flexibility index (Phi) is 4.82. The molecule has 1 heterocycles. The molecule has 0 saturated carbocycles. The summed E-state index contributed by atoms with van der Waals surface area (Å²) in [5.74, 6) is -0.764. The fourth-order valence-corrected chi connectivity index (χ4v) is 3.88. The average Bonchev–Trinajstić information content (AvgIpc) is 2.70. The molecular weight excluding hydrogens is 352 g/mol. The summed E-state index contributed by atoms with van der Waals surface area (Å²) in [6.07, 6.45) is 1.52. The first-order valence-corrected chi connectivity index (χ1v) is 9.50. The number of hydrogen-bond donors (Lipinski definition) is 1. The second-order valence-electron chi connectivity index (χ2n) is 7.38. The second-order valence-corrected chi connectivity index (χ2v) is 7.38. The van der Waals surface area contributed by atoms with E-state index in [2.05, 4.69) is 6.92 Å². The van der Waals surface area contributed by atoms with Gasteiger partial charge in [0.1, 0.15) is 0 Å². The molecule has 0 bridgehead atoms. The number of benzene rings is 2. The summed E-state index contributed by atoms with van der Waals surface area (Å²) < 4.78 is 5.65. The number of carbonyl (C=O) groups excluding carboxylic acids is 2. The number of nitrogens with zero attached hydrogens (tertiary/aromatic N) is 1. The van der Waals surface area contributed by atoms with E-state index in [1.165, 1.54) is 0 Å². The van der Waals surface area contributed by atoms with Crippen molar-refractivity contribution in [3.63, 3.8) is 0 Å². The molecule has 2 atom stereocenters. The van der Waals surface area contributed by atoms with E-state index in [1.54, 1.807) is 24.3 Å². The number of fused-ring (bicyclic) bond motifs is 2. The van der Waals surface area contributed by atoms with Crippen molar-refractivity contribution < 1.29 is 14.3 Å². The number of amides is 1. The van der Waals surface area contributed by atoms with E-state index in [-0.39, 0.29) is 0 Å². The van der Waals surface area contributed by atoms with E-state index in [0.717, 1.165) is 41.4 Å². The van der Waals surface area contributed by atoms with Crippen LogP contribution in [0.2, 0.25) is 0 Å². The van der Waals surface area contributed by atoms with Crippen LogP contribution in [0.3, 0.4) is 0 Å². The van der Waals surface area contributed by atoms with Crippen LogP contribution in [0, 0.1) is 5.92 Å².